The van der Waals surface area contributed by atoms with Crippen LogP contribution >= 0.6 is 0 Å². The number of fused-ring (bicyclic) bond motifs is 1. The second kappa shape index (κ2) is 10.9. The molecular formula is C26H26F6N4O5. The number of rotatable bonds is 6. The summed E-state index contributed by atoms with van der Waals surface area (Å²) in [5.41, 5.74) is -4.32. The number of hydrogen-bond acceptors (Lipinski definition) is 8. The Labute approximate surface area is 230 Å². The molecule has 2 aromatic rings. The third-order valence-corrected chi connectivity index (χ3v) is 6.39. The number of ether oxygens (including phenoxy) is 3. The van der Waals surface area contributed by atoms with Gasteiger partial charge in [-0.1, -0.05) is 0 Å². The first-order chi connectivity index (χ1) is 19.0. The van der Waals surface area contributed by atoms with Gasteiger partial charge in [-0.25, -0.2) is 23.1 Å². The number of amides is 1. The molecule has 4 rings (SSSR count). The largest absolute Gasteiger partial charge is 0.467 e. The van der Waals surface area contributed by atoms with E-state index >= 15 is 4.39 Å². The lowest BCUT2D eigenvalue weighted by Crippen LogP contribution is -2.54. The predicted molar refractivity (Wildman–Crippen MR) is 131 cm³/mol. The average Bonchev–Trinajstić information content (AvgIpc) is 3.20. The van der Waals surface area contributed by atoms with E-state index in [1.165, 1.54) is 6.92 Å². The molecule has 41 heavy (non-hydrogen) atoms. The number of halogens is 6. The van der Waals surface area contributed by atoms with Gasteiger partial charge >= 0.3 is 12.1 Å². The van der Waals surface area contributed by atoms with Crippen LogP contribution in [-0.4, -0.2) is 58.3 Å². The van der Waals surface area contributed by atoms with Crippen LogP contribution in [0.15, 0.2) is 35.6 Å². The second-order valence-corrected chi connectivity index (χ2v) is 10.6. The standard InChI is InChI=1S/C26H26F6N4O5/c1-12-20-21(26(30,31)32)40-18(8-19(37)41-24(2,3)4)36-25(20,11-39-12)14-7-13(5-6-15(14)27)35-23(38)17-10-33-16(9-34-17)22(28)29/h5-7,9-10,12,20-22H,8,11H2,1-4H3,(H,35,38)/t12-,20+,21+,25?/m1/s1. The van der Waals surface area contributed by atoms with Gasteiger partial charge in [-0.2, -0.15) is 13.2 Å². The number of anilines is 1. The Bertz CT molecular complexity index is 1350. The van der Waals surface area contributed by atoms with Crippen molar-refractivity contribution in [2.75, 3.05) is 11.9 Å². The maximum Gasteiger partial charge on any atom is 0.425 e. The van der Waals surface area contributed by atoms with Crippen molar-refractivity contribution >= 4 is 23.5 Å². The first-order valence-corrected chi connectivity index (χ1v) is 12.4. The van der Waals surface area contributed by atoms with Gasteiger partial charge < -0.3 is 19.5 Å². The van der Waals surface area contributed by atoms with Gasteiger partial charge in [-0.05, 0) is 45.9 Å². The highest BCUT2D eigenvalue weighted by atomic mass is 19.4. The smallest absolute Gasteiger partial charge is 0.425 e. The first kappa shape index (κ1) is 30.2. The summed E-state index contributed by atoms with van der Waals surface area (Å²) in [5.74, 6) is -4.92. The number of nitrogens with zero attached hydrogens (tertiary/aromatic N) is 3. The highest BCUT2D eigenvalue weighted by Crippen LogP contribution is 2.52. The number of esters is 1. The van der Waals surface area contributed by atoms with Gasteiger partial charge in [-0.15, -0.1) is 0 Å². The molecule has 4 atom stereocenters. The van der Waals surface area contributed by atoms with Gasteiger partial charge in [0.25, 0.3) is 12.3 Å². The quantitative estimate of drug-likeness (QED) is 0.368. The van der Waals surface area contributed by atoms with Crippen LogP contribution < -0.4 is 5.32 Å². The summed E-state index contributed by atoms with van der Waals surface area (Å²) in [7, 11) is 0. The number of benzene rings is 1. The zero-order valence-corrected chi connectivity index (χ0v) is 22.3. The molecule has 1 aromatic carbocycles. The monoisotopic (exact) mass is 588 g/mol. The normalized spacial score (nSPS) is 24.4. The van der Waals surface area contributed by atoms with Crippen molar-refractivity contribution in [3.05, 3.63) is 53.4 Å². The summed E-state index contributed by atoms with van der Waals surface area (Å²) in [4.78, 5) is 36.5. The molecule has 1 fully saturated rings. The van der Waals surface area contributed by atoms with Crippen molar-refractivity contribution < 1.29 is 50.1 Å². The Balaban J connectivity index is 1.74. The number of carbonyl (C=O) groups excluding carboxylic acids is 2. The molecule has 2 aliphatic rings. The Hall–Kier alpha value is -3.75. The van der Waals surface area contributed by atoms with Gasteiger partial charge in [0.05, 0.1) is 31.0 Å². The van der Waals surface area contributed by atoms with Crippen LogP contribution in [0.4, 0.5) is 32.0 Å². The molecule has 0 bridgehead atoms. The third-order valence-electron chi connectivity index (χ3n) is 6.39. The minimum absolute atomic E-state index is 0.0576. The van der Waals surface area contributed by atoms with E-state index in [9.17, 15) is 31.5 Å². The van der Waals surface area contributed by atoms with E-state index in [4.69, 9.17) is 14.2 Å². The van der Waals surface area contributed by atoms with Crippen molar-refractivity contribution in [2.45, 2.75) is 70.1 Å². The van der Waals surface area contributed by atoms with Crippen molar-refractivity contribution in [1.29, 1.82) is 0 Å². The fraction of sp³-hybridized carbons (Fsp3) is 0.500. The van der Waals surface area contributed by atoms with Crippen LogP contribution in [-0.2, 0) is 24.5 Å². The van der Waals surface area contributed by atoms with Crippen LogP contribution in [0, 0.1) is 11.7 Å². The summed E-state index contributed by atoms with van der Waals surface area (Å²) in [6.45, 7) is 5.61. The van der Waals surface area contributed by atoms with Gasteiger partial charge in [0.15, 0.2) is 5.90 Å². The molecule has 222 valence electrons. The molecule has 1 unspecified atom stereocenters. The lowest BCUT2D eigenvalue weighted by molar-refractivity contribution is -0.227. The predicted octanol–water partition coefficient (Wildman–Crippen LogP) is 5.13. The minimum Gasteiger partial charge on any atom is -0.467 e. The van der Waals surface area contributed by atoms with Crippen LogP contribution in [0.1, 0.15) is 62.3 Å². The maximum absolute atomic E-state index is 15.4. The summed E-state index contributed by atoms with van der Waals surface area (Å²) in [6.07, 6.45) is -10.6. The highest BCUT2D eigenvalue weighted by molar-refractivity contribution is 6.02. The topological polar surface area (TPSA) is 112 Å². The molecule has 1 amide bonds. The third kappa shape index (κ3) is 6.44. The van der Waals surface area contributed by atoms with Crippen LogP contribution in [0.2, 0.25) is 0 Å². The molecule has 1 N–H and O–H groups in total. The number of aliphatic imine (C=N–C) groups is 1. The van der Waals surface area contributed by atoms with Crippen LogP contribution in [0.3, 0.4) is 0 Å². The molecule has 15 heteroatoms. The fourth-order valence-corrected chi connectivity index (χ4v) is 4.79. The van der Waals surface area contributed by atoms with Crippen LogP contribution in [0.25, 0.3) is 0 Å². The maximum atomic E-state index is 15.4. The summed E-state index contributed by atoms with van der Waals surface area (Å²) in [6, 6.07) is 3.16. The van der Waals surface area contributed by atoms with Crippen molar-refractivity contribution in [1.82, 2.24) is 9.97 Å². The van der Waals surface area contributed by atoms with Crippen molar-refractivity contribution in [3.8, 4) is 0 Å². The van der Waals surface area contributed by atoms with Crippen LogP contribution in [0.5, 0.6) is 0 Å². The zero-order chi connectivity index (χ0) is 30.3. The molecule has 0 saturated carbocycles. The minimum atomic E-state index is -4.95. The molecule has 9 nitrogen and oxygen atoms in total. The molecule has 1 aromatic heterocycles. The van der Waals surface area contributed by atoms with E-state index in [0.717, 1.165) is 30.6 Å². The molecule has 2 aliphatic heterocycles. The SMILES string of the molecule is C[C@H]1OCC2(c3cc(NC(=O)c4cnc(C(F)F)cn4)ccc3F)N=C(CC(=O)OC(C)(C)C)O[C@H](C(F)(F)F)[C@H]12. The summed E-state index contributed by atoms with van der Waals surface area (Å²) >= 11 is 0. The van der Waals surface area contributed by atoms with E-state index in [0.29, 0.717) is 0 Å². The second-order valence-electron chi connectivity index (χ2n) is 10.6. The number of aromatic nitrogens is 2. The molecule has 0 aliphatic carbocycles. The molecule has 1 saturated heterocycles. The van der Waals surface area contributed by atoms with E-state index < -0.39 is 84.2 Å². The fourth-order valence-electron chi connectivity index (χ4n) is 4.79. The van der Waals surface area contributed by atoms with E-state index in [1.54, 1.807) is 20.8 Å². The highest BCUT2D eigenvalue weighted by Gasteiger charge is 2.64. The van der Waals surface area contributed by atoms with E-state index in [-0.39, 0.29) is 16.9 Å². The van der Waals surface area contributed by atoms with E-state index in [2.05, 4.69) is 20.3 Å². The number of hydrogen-bond donors (Lipinski definition) is 1. The average molecular weight is 589 g/mol. The van der Waals surface area contributed by atoms with E-state index in [1.807, 2.05) is 0 Å². The number of nitrogens with one attached hydrogen (secondary N) is 1. The lowest BCUT2D eigenvalue weighted by Gasteiger charge is -2.42. The van der Waals surface area contributed by atoms with Gasteiger partial charge in [0, 0.05) is 11.3 Å². The summed E-state index contributed by atoms with van der Waals surface area (Å²) in [5, 5.41) is 2.40. The molecular weight excluding hydrogens is 562 g/mol. The lowest BCUT2D eigenvalue weighted by atomic mass is 9.74. The molecule has 3 heterocycles. The van der Waals surface area contributed by atoms with Crippen molar-refractivity contribution in [2.24, 2.45) is 10.9 Å². The molecule has 0 radical (unpaired) electrons. The molecule has 0 spiro atoms. The van der Waals surface area contributed by atoms with Gasteiger partial charge in [-0.3, -0.25) is 14.6 Å². The number of alkyl halides is 5. The summed E-state index contributed by atoms with van der Waals surface area (Å²) < 4.78 is 99.6. The first-order valence-electron chi connectivity index (χ1n) is 12.4. The number of carbonyl (C=O) groups is 2. The Kier molecular flexibility index (Phi) is 8.04. The Morgan fingerprint density at radius 3 is 2.46 bits per heavy atom. The zero-order valence-electron chi connectivity index (χ0n) is 22.3. The Morgan fingerprint density at radius 2 is 1.88 bits per heavy atom. The Morgan fingerprint density at radius 1 is 1.17 bits per heavy atom. The van der Waals surface area contributed by atoms with Crippen molar-refractivity contribution in [3.63, 3.8) is 0 Å². The van der Waals surface area contributed by atoms with Gasteiger partial charge in [0.2, 0.25) is 6.10 Å². The van der Waals surface area contributed by atoms with Gasteiger partial charge in [0.1, 0.15) is 34.8 Å².